The number of H-pyrrole nitrogens is 1. The third-order valence-electron chi connectivity index (χ3n) is 11.5. The molecule has 0 saturated carbocycles. The van der Waals surface area contributed by atoms with Crippen LogP contribution in [0.4, 0.5) is 9.18 Å². The molecule has 10 nitrogen and oxygen atoms in total. The Labute approximate surface area is 339 Å². The number of carbonyl (C=O) groups is 1. The molecule has 0 spiro atoms. The molecule has 5 N–H and O–H groups in total. The number of carbonyl (C=O) groups excluding carboxylic acids is 1. The molecule has 1 aromatic heterocycles. The van der Waals surface area contributed by atoms with E-state index in [1.54, 1.807) is 18.2 Å². The number of piperidine rings is 3. The molecular weight excluding hydrogens is 736 g/mol. The number of aromatic hydroxyl groups is 1. The maximum absolute atomic E-state index is 14.4. The minimum Gasteiger partial charge on any atom is -0.506 e. The smallest absolute Gasteiger partial charge is 0.408 e. The van der Waals surface area contributed by atoms with Gasteiger partial charge in [-0.05, 0) is 122 Å². The fourth-order valence-electron chi connectivity index (χ4n) is 8.37. The van der Waals surface area contributed by atoms with Gasteiger partial charge >= 0.3 is 6.09 Å². The van der Waals surface area contributed by atoms with Crippen molar-refractivity contribution in [2.24, 2.45) is 5.92 Å². The number of aliphatic hydroxyl groups is 1. The molecule has 306 valence electrons. The largest absolute Gasteiger partial charge is 0.506 e. The van der Waals surface area contributed by atoms with Crippen LogP contribution in [0.1, 0.15) is 86.6 Å². The number of rotatable bonds is 19. The summed E-state index contributed by atoms with van der Waals surface area (Å²) in [4.78, 5) is 30.2. The summed E-state index contributed by atoms with van der Waals surface area (Å²) in [6, 6.07) is 27.9. The number of benzene rings is 4. The van der Waals surface area contributed by atoms with E-state index in [0.717, 1.165) is 106 Å². The van der Waals surface area contributed by atoms with Crippen LogP contribution < -0.4 is 20.9 Å². The van der Waals surface area contributed by atoms with Crippen LogP contribution in [0.3, 0.4) is 0 Å². The third kappa shape index (κ3) is 10.8. The topological polar surface area (TPSA) is 136 Å². The molecule has 3 aliphatic rings. The van der Waals surface area contributed by atoms with E-state index < -0.39 is 18.2 Å². The number of aliphatic hydroxyl groups excluding tert-OH is 1. The first-order valence-electron chi connectivity index (χ1n) is 20.8. The molecule has 58 heavy (non-hydrogen) atoms. The molecule has 0 radical (unpaired) electrons. The van der Waals surface area contributed by atoms with E-state index in [9.17, 15) is 24.2 Å². The highest BCUT2D eigenvalue weighted by Gasteiger charge is 2.37. The summed E-state index contributed by atoms with van der Waals surface area (Å²) < 4.78 is 26.8. The lowest BCUT2D eigenvalue weighted by Gasteiger charge is -2.43. The zero-order chi connectivity index (χ0) is 40.3. The Morgan fingerprint density at radius 2 is 1.62 bits per heavy atom. The van der Waals surface area contributed by atoms with Gasteiger partial charge in [-0.2, -0.15) is 0 Å². The first-order chi connectivity index (χ1) is 28.3. The first kappa shape index (κ1) is 40.9. The summed E-state index contributed by atoms with van der Waals surface area (Å²) in [5.41, 5.74) is 3.95. The molecule has 3 fully saturated rings. The van der Waals surface area contributed by atoms with Gasteiger partial charge in [-0.3, -0.25) is 9.69 Å². The van der Waals surface area contributed by atoms with Crippen molar-refractivity contribution in [2.75, 3.05) is 39.3 Å². The molecule has 3 saturated heterocycles. The standard InChI is InChI=1S/C47H55FN4O6/c48-37-15-11-14-34(27-37)35-26-36(45(33-12-7-6-8-13-33)51-47(56)58-43-31-52-23-20-32(43)21-24-52)29-38(28-35)57-25-10-5-3-1-2-4-9-22-49-30-42(54)39-16-18-41(53)46-40(39)17-19-44(55)50-46/h6-8,11-19,26-29,32,42-43,45,49,53-54H,1-5,9-10,20-25,30-31H2,(H,50,55)(H,51,56)/t42-,43?,45?/m0/s1. The molecule has 4 heterocycles. The predicted octanol–water partition coefficient (Wildman–Crippen LogP) is 8.38. The number of alkyl carbamates (subject to hydrolysis) is 1. The summed E-state index contributed by atoms with van der Waals surface area (Å²) >= 11 is 0. The highest BCUT2D eigenvalue weighted by molar-refractivity contribution is 5.87. The Balaban J connectivity index is 0.880. The Morgan fingerprint density at radius 3 is 2.38 bits per heavy atom. The van der Waals surface area contributed by atoms with Gasteiger partial charge in [0.15, 0.2) is 0 Å². The van der Waals surface area contributed by atoms with Gasteiger partial charge < -0.3 is 35.3 Å². The summed E-state index contributed by atoms with van der Waals surface area (Å²) in [5, 5.41) is 28.0. The van der Waals surface area contributed by atoms with Crippen molar-refractivity contribution in [2.45, 2.75) is 76.0 Å². The molecule has 3 atom stereocenters. The van der Waals surface area contributed by atoms with Crippen LogP contribution in [0, 0.1) is 11.7 Å². The van der Waals surface area contributed by atoms with Crippen LogP contribution in [0.25, 0.3) is 22.0 Å². The minimum absolute atomic E-state index is 0.0216. The molecule has 1 amide bonds. The number of aromatic nitrogens is 1. The average Bonchev–Trinajstić information content (AvgIpc) is 3.24. The van der Waals surface area contributed by atoms with Gasteiger partial charge in [0.25, 0.3) is 0 Å². The van der Waals surface area contributed by atoms with Gasteiger partial charge in [0.1, 0.15) is 23.4 Å². The van der Waals surface area contributed by atoms with Gasteiger partial charge in [-0.25, -0.2) is 9.18 Å². The number of ether oxygens (including phenoxy) is 2. The lowest BCUT2D eigenvalue weighted by Crippen LogP contribution is -2.52. The van der Waals surface area contributed by atoms with Crippen LogP contribution in [0.2, 0.25) is 0 Å². The highest BCUT2D eigenvalue weighted by Crippen LogP contribution is 2.34. The van der Waals surface area contributed by atoms with E-state index in [2.05, 4.69) is 20.5 Å². The van der Waals surface area contributed by atoms with Crippen molar-refractivity contribution in [3.8, 4) is 22.6 Å². The Morgan fingerprint density at radius 1 is 0.845 bits per heavy atom. The van der Waals surface area contributed by atoms with Crippen molar-refractivity contribution in [1.29, 1.82) is 0 Å². The van der Waals surface area contributed by atoms with Gasteiger partial charge in [-0.1, -0.05) is 80.6 Å². The molecule has 5 aromatic rings. The minimum atomic E-state index is -0.767. The van der Waals surface area contributed by atoms with E-state index in [4.69, 9.17) is 9.47 Å². The molecule has 2 unspecified atom stereocenters. The number of amides is 1. The molecule has 8 rings (SSSR count). The number of hydrogen-bond donors (Lipinski definition) is 5. The third-order valence-corrected chi connectivity index (χ3v) is 11.5. The van der Waals surface area contributed by atoms with E-state index >= 15 is 0 Å². The van der Waals surface area contributed by atoms with Gasteiger partial charge in [0.05, 0.1) is 24.3 Å². The monoisotopic (exact) mass is 790 g/mol. The predicted molar refractivity (Wildman–Crippen MR) is 225 cm³/mol. The van der Waals surface area contributed by atoms with E-state index in [-0.39, 0.29) is 23.2 Å². The number of phenolic OH excluding ortho intramolecular Hbond substituents is 1. The van der Waals surface area contributed by atoms with E-state index in [1.165, 1.54) is 24.3 Å². The fraction of sp³-hybridized carbons (Fsp3) is 0.404. The molecule has 0 aliphatic carbocycles. The van der Waals surface area contributed by atoms with Crippen LogP contribution in [0.5, 0.6) is 11.5 Å². The number of nitrogens with zero attached hydrogens (tertiary/aromatic N) is 1. The van der Waals surface area contributed by atoms with Crippen LogP contribution in [0.15, 0.2) is 102 Å². The summed E-state index contributed by atoms with van der Waals surface area (Å²) in [7, 11) is 0. The van der Waals surface area contributed by atoms with Gasteiger partial charge in [0, 0.05) is 24.5 Å². The number of aromatic amines is 1. The number of fused-ring (bicyclic) bond motifs is 4. The second-order valence-corrected chi connectivity index (χ2v) is 15.7. The summed E-state index contributed by atoms with van der Waals surface area (Å²) in [6.07, 6.45) is 8.14. The average molecular weight is 791 g/mol. The number of unbranched alkanes of at least 4 members (excludes halogenated alkanes) is 6. The summed E-state index contributed by atoms with van der Waals surface area (Å²) in [6.45, 7) is 4.61. The lowest BCUT2D eigenvalue weighted by molar-refractivity contribution is -0.0336. The number of nitrogens with one attached hydrogen (secondary N) is 3. The quantitative estimate of drug-likeness (QED) is 0.0527. The number of halogens is 1. The van der Waals surface area contributed by atoms with Crippen LogP contribution in [-0.2, 0) is 4.74 Å². The highest BCUT2D eigenvalue weighted by atomic mass is 19.1. The van der Waals surface area contributed by atoms with Gasteiger partial charge in [-0.15, -0.1) is 0 Å². The zero-order valence-electron chi connectivity index (χ0n) is 33.0. The Bertz CT molecular complexity index is 2170. The second kappa shape index (κ2) is 20.0. The normalized spacial score (nSPS) is 18.5. The molecule has 4 aromatic carbocycles. The fourth-order valence-corrected chi connectivity index (χ4v) is 8.37. The molecular formula is C47H55FN4O6. The van der Waals surface area contributed by atoms with Gasteiger partial charge in [0.2, 0.25) is 5.56 Å². The molecule has 2 bridgehead atoms. The number of hydrogen-bond acceptors (Lipinski definition) is 8. The van der Waals surface area contributed by atoms with Crippen molar-refractivity contribution in [1.82, 2.24) is 20.5 Å². The zero-order valence-corrected chi connectivity index (χ0v) is 33.0. The number of phenols is 1. The Hall–Kier alpha value is -5.23. The molecule has 11 heteroatoms. The van der Waals surface area contributed by atoms with E-state index in [1.807, 2.05) is 54.6 Å². The van der Waals surface area contributed by atoms with Crippen molar-refractivity contribution in [3.63, 3.8) is 0 Å². The lowest BCUT2D eigenvalue weighted by atomic mass is 9.86. The number of pyridine rings is 1. The maximum Gasteiger partial charge on any atom is 0.408 e. The SMILES string of the molecule is O=C(NC(c1ccccc1)c1cc(OCCCCCCCCCNC[C@H](O)c2ccc(O)c3[nH]c(=O)ccc23)cc(-c2cccc(F)c2)c1)OC1CN2CCC1CC2. The van der Waals surface area contributed by atoms with Crippen molar-refractivity contribution >= 4 is 17.0 Å². The first-order valence-corrected chi connectivity index (χ1v) is 20.8. The summed E-state index contributed by atoms with van der Waals surface area (Å²) in [5.74, 6) is 0.718. The maximum atomic E-state index is 14.4. The van der Waals surface area contributed by atoms with Crippen LogP contribution >= 0.6 is 0 Å². The second-order valence-electron chi connectivity index (χ2n) is 15.7. The van der Waals surface area contributed by atoms with Crippen LogP contribution in [-0.4, -0.2) is 71.6 Å². The van der Waals surface area contributed by atoms with Crippen molar-refractivity contribution < 1.29 is 28.9 Å². The Kier molecular flexibility index (Phi) is 14.1. The molecule has 3 aliphatic heterocycles. The van der Waals surface area contributed by atoms with Crippen molar-refractivity contribution in [3.05, 3.63) is 130 Å². The van der Waals surface area contributed by atoms with E-state index in [0.29, 0.717) is 41.3 Å².